The molecule has 0 aliphatic heterocycles. The molecule has 3 aromatic carbocycles. The van der Waals surface area contributed by atoms with Gasteiger partial charge in [-0.25, -0.2) is 13.1 Å². The molecule has 0 aliphatic carbocycles. The van der Waals surface area contributed by atoms with Crippen LogP contribution in [-0.2, 0) is 16.6 Å². The number of aromatic nitrogens is 2. The number of carbonyl (C=O) groups is 1. The van der Waals surface area contributed by atoms with Gasteiger partial charge in [-0.3, -0.25) is 4.79 Å². The molecule has 1 aromatic heterocycles. The summed E-state index contributed by atoms with van der Waals surface area (Å²) in [5, 5.41) is 7.77. The molecule has 0 aliphatic rings. The molecule has 1 heterocycles. The highest BCUT2D eigenvalue weighted by Crippen LogP contribution is 2.29. The molecule has 0 saturated carbocycles. The van der Waals surface area contributed by atoms with Crippen LogP contribution in [0.1, 0.15) is 16.1 Å². The van der Waals surface area contributed by atoms with Crippen molar-refractivity contribution in [3.8, 4) is 11.5 Å². The lowest BCUT2D eigenvalue weighted by atomic mass is 10.2. The average molecular weight is 546 g/mol. The van der Waals surface area contributed by atoms with Gasteiger partial charge in [0.25, 0.3) is 5.91 Å². The van der Waals surface area contributed by atoms with Crippen LogP contribution < -0.4 is 14.8 Å². The number of amides is 1. The molecule has 4 aromatic rings. The first-order chi connectivity index (χ1) is 17.2. The standard InChI is InChI=1S/C25H21Cl2N3O5S/c1-16-3-8-22(27)24(11-16)35-15-30-10-9-23(29-30)25(31)28-18-12-19(34-2)14-21(13-18)36(32,33)20-6-4-17(26)5-7-20/h3-14H,15H2,1-2H3,(H,28,31). The normalized spacial score (nSPS) is 11.2. The number of hydrogen-bond donors (Lipinski definition) is 1. The second-order valence-corrected chi connectivity index (χ2v) is 10.5. The number of hydrogen-bond acceptors (Lipinski definition) is 6. The fraction of sp³-hybridized carbons (Fsp3) is 0.120. The Morgan fingerprint density at radius 2 is 1.75 bits per heavy atom. The summed E-state index contributed by atoms with van der Waals surface area (Å²) in [6.07, 6.45) is 1.58. The molecular formula is C25H21Cl2N3O5S. The Morgan fingerprint density at radius 1 is 1.00 bits per heavy atom. The summed E-state index contributed by atoms with van der Waals surface area (Å²) in [6, 6.07) is 17.0. The second-order valence-electron chi connectivity index (χ2n) is 7.76. The first-order valence-corrected chi connectivity index (χ1v) is 12.8. The minimum absolute atomic E-state index is 0.0408. The Balaban J connectivity index is 1.51. The van der Waals surface area contributed by atoms with Gasteiger partial charge in [0, 0.05) is 23.0 Å². The van der Waals surface area contributed by atoms with E-state index < -0.39 is 15.7 Å². The van der Waals surface area contributed by atoms with Gasteiger partial charge in [-0.2, -0.15) is 5.10 Å². The number of aryl methyl sites for hydroxylation is 1. The third-order valence-corrected chi connectivity index (χ3v) is 7.43. The smallest absolute Gasteiger partial charge is 0.276 e. The van der Waals surface area contributed by atoms with Gasteiger partial charge in [-0.05, 0) is 67.1 Å². The molecule has 0 spiro atoms. The van der Waals surface area contributed by atoms with Crippen LogP contribution in [0.15, 0.2) is 82.7 Å². The van der Waals surface area contributed by atoms with E-state index in [9.17, 15) is 13.2 Å². The van der Waals surface area contributed by atoms with E-state index in [4.69, 9.17) is 32.7 Å². The van der Waals surface area contributed by atoms with Crippen molar-refractivity contribution in [1.29, 1.82) is 0 Å². The molecule has 0 radical (unpaired) electrons. The molecule has 4 rings (SSSR count). The van der Waals surface area contributed by atoms with Crippen molar-refractivity contribution in [3.05, 3.63) is 94.2 Å². The van der Waals surface area contributed by atoms with Crippen LogP contribution in [0.3, 0.4) is 0 Å². The number of methoxy groups -OCH3 is 1. The third kappa shape index (κ3) is 5.81. The maximum atomic E-state index is 13.1. The Labute approximate surface area is 218 Å². The van der Waals surface area contributed by atoms with E-state index in [1.54, 1.807) is 18.3 Å². The topological polar surface area (TPSA) is 99.5 Å². The van der Waals surface area contributed by atoms with Crippen LogP contribution in [-0.4, -0.2) is 31.2 Å². The molecular weight excluding hydrogens is 525 g/mol. The summed E-state index contributed by atoms with van der Waals surface area (Å²) in [5.41, 5.74) is 1.33. The van der Waals surface area contributed by atoms with E-state index >= 15 is 0 Å². The van der Waals surface area contributed by atoms with Crippen LogP contribution in [0.5, 0.6) is 11.5 Å². The summed E-state index contributed by atoms with van der Waals surface area (Å²) in [7, 11) is -2.48. The number of rotatable bonds is 8. The quantitative estimate of drug-likeness (QED) is 0.308. The molecule has 0 unspecified atom stereocenters. The van der Waals surface area contributed by atoms with E-state index in [0.717, 1.165) is 5.56 Å². The number of benzene rings is 3. The summed E-state index contributed by atoms with van der Waals surface area (Å²) in [5.74, 6) is 0.226. The number of carbonyl (C=O) groups excluding carboxylic acids is 1. The van der Waals surface area contributed by atoms with Crippen molar-refractivity contribution in [2.24, 2.45) is 0 Å². The first-order valence-electron chi connectivity index (χ1n) is 10.6. The lowest BCUT2D eigenvalue weighted by Gasteiger charge is -2.11. The van der Waals surface area contributed by atoms with Gasteiger partial charge in [0.2, 0.25) is 9.84 Å². The summed E-state index contributed by atoms with van der Waals surface area (Å²) >= 11 is 12.0. The highest BCUT2D eigenvalue weighted by molar-refractivity contribution is 7.91. The number of sulfone groups is 1. The van der Waals surface area contributed by atoms with Crippen LogP contribution in [0.4, 0.5) is 5.69 Å². The molecule has 1 N–H and O–H groups in total. The Hall–Kier alpha value is -3.53. The minimum Gasteiger partial charge on any atom is -0.497 e. The van der Waals surface area contributed by atoms with E-state index in [1.165, 1.54) is 60.3 Å². The molecule has 8 nitrogen and oxygen atoms in total. The lowest BCUT2D eigenvalue weighted by molar-refractivity contribution is 0.102. The van der Waals surface area contributed by atoms with E-state index in [-0.39, 0.29) is 33.7 Å². The third-order valence-electron chi connectivity index (χ3n) is 5.12. The van der Waals surface area contributed by atoms with Crippen LogP contribution >= 0.6 is 23.2 Å². The van der Waals surface area contributed by atoms with Crippen LogP contribution in [0.2, 0.25) is 10.0 Å². The zero-order valence-corrected chi connectivity index (χ0v) is 21.6. The van der Waals surface area contributed by atoms with Gasteiger partial charge in [-0.15, -0.1) is 0 Å². The van der Waals surface area contributed by atoms with Crippen LogP contribution in [0.25, 0.3) is 0 Å². The highest BCUT2D eigenvalue weighted by Gasteiger charge is 2.20. The van der Waals surface area contributed by atoms with E-state index in [1.807, 2.05) is 13.0 Å². The Morgan fingerprint density at radius 3 is 2.47 bits per heavy atom. The Kier molecular flexibility index (Phi) is 7.53. The SMILES string of the molecule is COc1cc(NC(=O)c2ccn(COc3cc(C)ccc3Cl)n2)cc(S(=O)(=O)c2ccc(Cl)cc2)c1. The predicted octanol–water partition coefficient (Wildman–Crippen LogP) is 5.63. The Bertz CT molecular complexity index is 1520. The maximum absolute atomic E-state index is 13.1. The van der Waals surface area contributed by atoms with Crippen molar-refractivity contribution >= 4 is 44.6 Å². The van der Waals surface area contributed by atoms with Gasteiger partial charge in [-0.1, -0.05) is 29.3 Å². The summed E-state index contributed by atoms with van der Waals surface area (Å²) in [4.78, 5) is 12.8. The summed E-state index contributed by atoms with van der Waals surface area (Å²) < 4.78 is 38.6. The first kappa shape index (κ1) is 25.6. The lowest BCUT2D eigenvalue weighted by Crippen LogP contribution is -2.15. The second kappa shape index (κ2) is 10.6. The number of anilines is 1. The van der Waals surface area contributed by atoms with Gasteiger partial charge >= 0.3 is 0 Å². The van der Waals surface area contributed by atoms with Crippen molar-refractivity contribution < 1.29 is 22.7 Å². The zero-order chi connectivity index (χ0) is 25.9. The molecule has 36 heavy (non-hydrogen) atoms. The monoisotopic (exact) mass is 545 g/mol. The average Bonchev–Trinajstić information content (AvgIpc) is 3.34. The van der Waals surface area contributed by atoms with Gasteiger partial charge in [0.1, 0.15) is 11.5 Å². The van der Waals surface area contributed by atoms with Crippen molar-refractivity contribution in [3.63, 3.8) is 0 Å². The van der Waals surface area contributed by atoms with Crippen molar-refractivity contribution in [2.45, 2.75) is 23.4 Å². The van der Waals surface area contributed by atoms with Crippen molar-refractivity contribution in [1.82, 2.24) is 9.78 Å². The minimum atomic E-state index is -3.88. The summed E-state index contributed by atoms with van der Waals surface area (Å²) in [6.45, 7) is 1.96. The van der Waals surface area contributed by atoms with Gasteiger partial charge < -0.3 is 14.8 Å². The largest absolute Gasteiger partial charge is 0.497 e. The molecule has 1 amide bonds. The molecule has 0 bridgehead atoms. The number of halogens is 2. The zero-order valence-electron chi connectivity index (χ0n) is 19.2. The van der Waals surface area contributed by atoms with E-state index in [0.29, 0.717) is 15.8 Å². The fourth-order valence-electron chi connectivity index (χ4n) is 3.27. The number of nitrogens with one attached hydrogen (secondary N) is 1. The molecule has 0 saturated heterocycles. The molecule has 11 heteroatoms. The number of ether oxygens (including phenoxy) is 2. The van der Waals surface area contributed by atoms with E-state index in [2.05, 4.69) is 10.4 Å². The number of nitrogens with zero attached hydrogens (tertiary/aromatic N) is 2. The highest BCUT2D eigenvalue weighted by atomic mass is 35.5. The molecule has 186 valence electrons. The maximum Gasteiger partial charge on any atom is 0.276 e. The predicted molar refractivity (Wildman–Crippen MR) is 137 cm³/mol. The molecule has 0 fully saturated rings. The van der Waals surface area contributed by atoms with Crippen LogP contribution in [0, 0.1) is 6.92 Å². The molecule has 0 atom stereocenters. The fourth-order valence-corrected chi connectivity index (χ4v) is 4.89. The van der Waals surface area contributed by atoms with Crippen molar-refractivity contribution in [2.75, 3.05) is 12.4 Å². The van der Waals surface area contributed by atoms with Gasteiger partial charge in [0.15, 0.2) is 12.4 Å². The van der Waals surface area contributed by atoms with Gasteiger partial charge in [0.05, 0.1) is 21.9 Å².